The Morgan fingerprint density at radius 3 is 2.39 bits per heavy atom. The molecule has 0 spiro atoms. The molecule has 0 radical (unpaired) electrons. The van der Waals surface area contributed by atoms with E-state index in [1.807, 2.05) is 30.3 Å². The maximum Gasteiger partial charge on any atom is 0.261 e. The summed E-state index contributed by atoms with van der Waals surface area (Å²) in [4.78, 5) is 30.9. The number of carbonyl (C=O) groups excluding carboxylic acids is 2. The van der Waals surface area contributed by atoms with Crippen molar-refractivity contribution in [3.8, 4) is 0 Å². The van der Waals surface area contributed by atoms with Crippen LogP contribution in [0.2, 0.25) is 0 Å². The molecule has 164 valence electrons. The summed E-state index contributed by atoms with van der Waals surface area (Å²) in [6.45, 7) is -0.158. The minimum absolute atomic E-state index is 0.0428. The minimum Gasteiger partial charge on any atom is -0.325 e. The van der Waals surface area contributed by atoms with E-state index in [9.17, 15) is 18.0 Å². The molecule has 0 bridgehead atoms. The molecule has 9 heteroatoms. The highest BCUT2D eigenvalue weighted by Crippen LogP contribution is 2.36. The molecule has 0 saturated heterocycles. The van der Waals surface area contributed by atoms with Crippen molar-refractivity contribution in [1.29, 1.82) is 0 Å². The fraction of sp³-hybridized carbons (Fsp3) is 0.0417. The Bertz CT molecular complexity index is 1480. The van der Waals surface area contributed by atoms with Crippen LogP contribution >= 0.6 is 0 Å². The van der Waals surface area contributed by atoms with Crippen LogP contribution in [0.5, 0.6) is 0 Å². The summed E-state index contributed by atoms with van der Waals surface area (Å²) in [6.07, 6.45) is 2.95. The fourth-order valence-corrected chi connectivity index (χ4v) is 4.88. The molecule has 0 fully saturated rings. The zero-order valence-electron chi connectivity index (χ0n) is 17.2. The largest absolute Gasteiger partial charge is 0.325 e. The van der Waals surface area contributed by atoms with Crippen molar-refractivity contribution in [2.24, 2.45) is 0 Å². The van der Waals surface area contributed by atoms with Crippen LogP contribution in [-0.4, -0.2) is 31.8 Å². The van der Waals surface area contributed by atoms with Gasteiger partial charge in [0.25, 0.3) is 15.9 Å². The third kappa shape index (κ3) is 3.90. The zero-order valence-corrected chi connectivity index (χ0v) is 18.0. The Morgan fingerprint density at radius 1 is 0.909 bits per heavy atom. The first kappa shape index (κ1) is 20.7. The smallest absolute Gasteiger partial charge is 0.261 e. The van der Waals surface area contributed by atoms with Crippen LogP contribution in [0, 0.1) is 0 Å². The lowest BCUT2D eigenvalue weighted by Gasteiger charge is -2.17. The van der Waals surface area contributed by atoms with Gasteiger partial charge in [0.1, 0.15) is 6.54 Å². The van der Waals surface area contributed by atoms with Gasteiger partial charge in [-0.05, 0) is 53.9 Å². The first-order valence-corrected chi connectivity index (χ1v) is 11.6. The maximum atomic E-state index is 12.8. The summed E-state index contributed by atoms with van der Waals surface area (Å²) in [5, 5.41) is 4.50. The minimum atomic E-state index is -3.79. The van der Waals surface area contributed by atoms with Crippen molar-refractivity contribution in [3.05, 3.63) is 90.8 Å². The highest BCUT2D eigenvalue weighted by molar-refractivity contribution is 7.92. The Hall–Kier alpha value is -4.24. The number of nitrogens with one attached hydrogen (secondary N) is 2. The Balaban J connectivity index is 1.29. The first-order valence-electron chi connectivity index (χ1n) is 10.1. The molecule has 1 aliphatic heterocycles. The molecule has 2 amide bonds. The molecule has 4 aromatic rings. The molecule has 0 aliphatic carbocycles. The molecule has 8 nitrogen and oxygen atoms in total. The predicted molar refractivity (Wildman–Crippen MR) is 126 cm³/mol. The fourth-order valence-electron chi connectivity index (χ4n) is 3.83. The molecule has 5 rings (SSSR count). The molecule has 3 aromatic carbocycles. The van der Waals surface area contributed by atoms with E-state index in [4.69, 9.17) is 0 Å². The average Bonchev–Trinajstić information content (AvgIpc) is 3.08. The molecule has 2 heterocycles. The van der Waals surface area contributed by atoms with Crippen LogP contribution in [0.25, 0.3) is 10.8 Å². The third-order valence-corrected chi connectivity index (χ3v) is 6.71. The number of hydrogen-bond acceptors (Lipinski definition) is 5. The number of anilines is 3. The summed E-state index contributed by atoms with van der Waals surface area (Å²) in [5.41, 5.74) is 2.04. The van der Waals surface area contributed by atoms with E-state index in [0.717, 1.165) is 10.8 Å². The number of sulfonamides is 1. The lowest BCUT2D eigenvalue weighted by Crippen LogP contribution is -2.35. The summed E-state index contributed by atoms with van der Waals surface area (Å²) in [7, 11) is -3.79. The average molecular weight is 458 g/mol. The van der Waals surface area contributed by atoms with Gasteiger partial charge >= 0.3 is 0 Å². The summed E-state index contributed by atoms with van der Waals surface area (Å²) in [5.74, 6) is -0.614. The van der Waals surface area contributed by atoms with E-state index in [0.29, 0.717) is 22.6 Å². The van der Waals surface area contributed by atoms with Crippen LogP contribution in [0.4, 0.5) is 17.1 Å². The standard InChI is InChI=1S/C24H18N4O4S/c29-22(15-28-21-8-2-5-16-4-1-7-20(23(16)21)24(28)30)26-17-9-11-19(12-10-17)33(31,32)27-18-6-3-13-25-14-18/h1-14,27H,15H2,(H,26,29). The maximum absolute atomic E-state index is 12.8. The Kier molecular flexibility index (Phi) is 5.02. The van der Waals surface area contributed by atoms with Crippen LogP contribution in [-0.2, 0) is 14.8 Å². The molecule has 33 heavy (non-hydrogen) atoms. The van der Waals surface area contributed by atoms with Gasteiger partial charge in [0.15, 0.2) is 0 Å². The van der Waals surface area contributed by atoms with E-state index in [1.54, 1.807) is 24.4 Å². The number of hydrogen-bond donors (Lipinski definition) is 2. The molecule has 0 unspecified atom stereocenters. The highest BCUT2D eigenvalue weighted by Gasteiger charge is 2.30. The molecular weight excluding hydrogens is 440 g/mol. The SMILES string of the molecule is O=C(CN1C(=O)c2cccc3cccc1c23)Nc1ccc(S(=O)(=O)Nc2cccnc2)cc1. The van der Waals surface area contributed by atoms with E-state index >= 15 is 0 Å². The van der Waals surface area contributed by atoms with Gasteiger partial charge in [-0.1, -0.05) is 24.3 Å². The summed E-state index contributed by atoms with van der Waals surface area (Å²) >= 11 is 0. The van der Waals surface area contributed by atoms with Crippen molar-refractivity contribution in [1.82, 2.24) is 4.98 Å². The number of nitrogens with zero attached hydrogens (tertiary/aromatic N) is 2. The third-order valence-electron chi connectivity index (χ3n) is 5.31. The highest BCUT2D eigenvalue weighted by atomic mass is 32.2. The number of rotatable bonds is 6. The van der Waals surface area contributed by atoms with Crippen molar-refractivity contribution in [3.63, 3.8) is 0 Å². The van der Waals surface area contributed by atoms with Crippen molar-refractivity contribution in [2.45, 2.75) is 4.90 Å². The van der Waals surface area contributed by atoms with Gasteiger partial charge in [-0.25, -0.2) is 8.42 Å². The number of pyridine rings is 1. The number of aromatic nitrogens is 1. The second kappa shape index (κ2) is 8.03. The van der Waals surface area contributed by atoms with E-state index < -0.39 is 15.9 Å². The number of amides is 2. The molecule has 1 aliphatic rings. The number of carbonyl (C=O) groups is 2. The monoisotopic (exact) mass is 458 g/mol. The van der Waals surface area contributed by atoms with Crippen LogP contribution in [0.15, 0.2) is 90.1 Å². The van der Waals surface area contributed by atoms with Crippen LogP contribution < -0.4 is 14.9 Å². The normalized spacial score (nSPS) is 12.7. The van der Waals surface area contributed by atoms with Gasteiger partial charge in [0.2, 0.25) is 5.91 Å². The Labute approximate surface area is 189 Å². The lowest BCUT2D eigenvalue weighted by atomic mass is 10.1. The van der Waals surface area contributed by atoms with Gasteiger partial charge in [0, 0.05) is 22.8 Å². The topological polar surface area (TPSA) is 108 Å². The van der Waals surface area contributed by atoms with Crippen molar-refractivity contribution >= 4 is 49.7 Å². The first-order chi connectivity index (χ1) is 15.9. The molecular formula is C24H18N4O4S. The summed E-state index contributed by atoms with van der Waals surface area (Å²) in [6, 6.07) is 20.1. The van der Waals surface area contributed by atoms with E-state index in [1.165, 1.54) is 35.4 Å². The number of benzene rings is 3. The molecule has 1 aromatic heterocycles. The van der Waals surface area contributed by atoms with E-state index in [-0.39, 0.29) is 17.3 Å². The van der Waals surface area contributed by atoms with Crippen LogP contribution in [0.1, 0.15) is 10.4 Å². The zero-order chi connectivity index (χ0) is 23.0. The van der Waals surface area contributed by atoms with Gasteiger partial charge in [0.05, 0.1) is 22.5 Å². The molecule has 0 saturated carbocycles. The van der Waals surface area contributed by atoms with E-state index in [2.05, 4.69) is 15.0 Å². The lowest BCUT2D eigenvalue weighted by molar-refractivity contribution is -0.114. The second-order valence-corrected chi connectivity index (χ2v) is 9.17. The molecule has 2 N–H and O–H groups in total. The van der Waals surface area contributed by atoms with Gasteiger partial charge in [-0.15, -0.1) is 0 Å². The van der Waals surface area contributed by atoms with Crippen LogP contribution in [0.3, 0.4) is 0 Å². The van der Waals surface area contributed by atoms with Crippen molar-refractivity contribution in [2.75, 3.05) is 21.5 Å². The Morgan fingerprint density at radius 2 is 1.67 bits per heavy atom. The predicted octanol–water partition coefficient (Wildman–Crippen LogP) is 3.63. The van der Waals surface area contributed by atoms with Gasteiger partial charge in [-0.2, -0.15) is 0 Å². The molecule has 0 atom stereocenters. The van der Waals surface area contributed by atoms with Gasteiger partial charge in [-0.3, -0.25) is 24.2 Å². The second-order valence-electron chi connectivity index (χ2n) is 7.49. The van der Waals surface area contributed by atoms with Gasteiger partial charge < -0.3 is 5.32 Å². The summed E-state index contributed by atoms with van der Waals surface area (Å²) < 4.78 is 27.5. The van der Waals surface area contributed by atoms with Crippen molar-refractivity contribution < 1.29 is 18.0 Å². The quantitative estimate of drug-likeness (QED) is 0.459.